The summed E-state index contributed by atoms with van der Waals surface area (Å²) in [6, 6.07) is 6.65. The number of benzene rings is 1. The van der Waals surface area contributed by atoms with E-state index in [-0.39, 0.29) is 0 Å². The fourth-order valence-corrected chi connectivity index (χ4v) is 3.45. The second-order valence-corrected chi connectivity index (χ2v) is 6.46. The maximum Gasteiger partial charge on any atom is 0.143 e. The van der Waals surface area contributed by atoms with Crippen LogP contribution in [0.25, 0.3) is 0 Å². The van der Waals surface area contributed by atoms with Gasteiger partial charge in [0, 0.05) is 18.8 Å². The Morgan fingerprint density at radius 3 is 2.73 bits per heavy atom. The van der Waals surface area contributed by atoms with Crippen molar-refractivity contribution in [2.45, 2.75) is 39.0 Å². The Bertz CT molecular complexity index is 520. The molecule has 2 aliphatic heterocycles. The normalized spacial score (nSPS) is 19.0. The van der Waals surface area contributed by atoms with E-state index in [1.54, 1.807) is 0 Å². The van der Waals surface area contributed by atoms with Crippen molar-refractivity contribution in [1.29, 1.82) is 0 Å². The molecule has 0 aromatic heterocycles. The molecule has 0 unspecified atom stereocenters. The molecule has 1 aromatic rings. The van der Waals surface area contributed by atoms with Crippen LogP contribution in [0.1, 0.15) is 38.2 Å². The summed E-state index contributed by atoms with van der Waals surface area (Å²) in [5, 5.41) is 0. The third-order valence-electron chi connectivity index (χ3n) is 4.72. The summed E-state index contributed by atoms with van der Waals surface area (Å²) >= 11 is 0. The highest BCUT2D eigenvalue weighted by atomic mass is 16.5. The van der Waals surface area contributed by atoms with Gasteiger partial charge in [-0.3, -0.25) is 0 Å². The molecule has 120 valence electrons. The Labute approximate surface area is 134 Å². The highest BCUT2D eigenvalue weighted by molar-refractivity contribution is 5.65. The van der Waals surface area contributed by atoms with Crippen molar-refractivity contribution in [3.63, 3.8) is 0 Å². The zero-order valence-electron chi connectivity index (χ0n) is 13.8. The Morgan fingerprint density at radius 1 is 1.14 bits per heavy atom. The van der Waals surface area contributed by atoms with Crippen molar-refractivity contribution in [3.8, 4) is 5.75 Å². The van der Waals surface area contributed by atoms with Crippen molar-refractivity contribution in [1.82, 2.24) is 4.90 Å². The minimum Gasteiger partial charge on any atom is -0.485 e. The molecule has 1 aromatic carbocycles. The zero-order valence-corrected chi connectivity index (χ0v) is 13.8. The molecule has 0 saturated carbocycles. The fraction of sp³-hybridized carbons (Fsp3) is 0.579. The van der Waals surface area contributed by atoms with E-state index < -0.39 is 0 Å². The summed E-state index contributed by atoms with van der Waals surface area (Å²) in [7, 11) is 0. The number of likely N-dealkylation sites (tertiary alicyclic amines) is 1. The lowest BCUT2D eigenvalue weighted by Gasteiger charge is -2.35. The quantitative estimate of drug-likeness (QED) is 0.822. The summed E-state index contributed by atoms with van der Waals surface area (Å²) in [5.74, 6) is 1.02. The van der Waals surface area contributed by atoms with Gasteiger partial charge >= 0.3 is 0 Å². The van der Waals surface area contributed by atoms with Crippen LogP contribution in [0.4, 0.5) is 5.69 Å². The number of rotatable bonds is 5. The van der Waals surface area contributed by atoms with Crippen LogP contribution in [0.2, 0.25) is 0 Å². The monoisotopic (exact) mass is 300 g/mol. The third kappa shape index (κ3) is 3.46. The first-order valence-corrected chi connectivity index (χ1v) is 8.71. The van der Waals surface area contributed by atoms with Crippen LogP contribution < -0.4 is 9.64 Å². The first-order chi connectivity index (χ1) is 10.8. The lowest BCUT2D eigenvalue weighted by molar-refractivity contribution is 0.232. The lowest BCUT2D eigenvalue weighted by atomic mass is 10.1. The van der Waals surface area contributed by atoms with Gasteiger partial charge in [-0.15, -0.1) is 0 Å². The smallest absolute Gasteiger partial charge is 0.143 e. The van der Waals surface area contributed by atoms with Gasteiger partial charge in [-0.2, -0.15) is 0 Å². The molecule has 3 nitrogen and oxygen atoms in total. The van der Waals surface area contributed by atoms with Gasteiger partial charge < -0.3 is 14.5 Å². The number of hydrogen-bond acceptors (Lipinski definition) is 3. The van der Waals surface area contributed by atoms with E-state index in [0.29, 0.717) is 6.61 Å². The molecule has 0 aliphatic carbocycles. The molecular weight excluding hydrogens is 272 g/mol. The number of fused-ring (bicyclic) bond motifs is 1. The minimum atomic E-state index is 0.614. The second kappa shape index (κ2) is 7.19. The van der Waals surface area contributed by atoms with E-state index >= 15 is 0 Å². The molecule has 3 rings (SSSR count). The van der Waals surface area contributed by atoms with E-state index in [9.17, 15) is 0 Å². The van der Waals surface area contributed by atoms with Gasteiger partial charge in [-0.05, 0) is 50.0 Å². The van der Waals surface area contributed by atoms with Crippen LogP contribution in [-0.4, -0.2) is 37.7 Å². The largest absolute Gasteiger partial charge is 0.485 e. The lowest BCUT2D eigenvalue weighted by Crippen LogP contribution is -2.39. The highest BCUT2D eigenvalue weighted by Gasteiger charge is 2.22. The van der Waals surface area contributed by atoms with Crippen LogP contribution in [0, 0.1) is 0 Å². The average Bonchev–Trinajstić information content (AvgIpc) is 2.55. The number of anilines is 1. The maximum atomic E-state index is 5.89. The predicted molar refractivity (Wildman–Crippen MR) is 92.7 cm³/mol. The molecule has 1 fully saturated rings. The van der Waals surface area contributed by atoms with Gasteiger partial charge in [0.05, 0.1) is 5.69 Å². The van der Waals surface area contributed by atoms with Gasteiger partial charge in [0.1, 0.15) is 12.4 Å². The molecule has 0 spiro atoms. The van der Waals surface area contributed by atoms with E-state index in [4.69, 9.17) is 4.74 Å². The second-order valence-electron chi connectivity index (χ2n) is 6.46. The standard InChI is InChI=1S/C19H28N2O/c1-3-7-17-8-9-18-19(14-17)22-15-16(2)21(18)13-12-20-10-5-4-6-11-20/h8-9,14H,2-7,10-13,15H2,1H3. The maximum absolute atomic E-state index is 5.89. The van der Waals surface area contributed by atoms with Crippen LogP contribution in [0.5, 0.6) is 5.75 Å². The van der Waals surface area contributed by atoms with Gasteiger partial charge in [0.25, 0.3) is 0 Å². The number of aryl methyl sites for hydroxylation is 1. The fourth-order valence-electron chi connectivity index (χ4n) is 3.45. The molecule has 0 atom stereocenters. The summed E-state index contributed by atoms with van der Waals surface area (Å²) in [5.41, 5.74) is 3.63. The minimum absolute atomic E-state index is 0.614. The molecule has 22 heavy (non-hydrogen) atoms. The summed E-state index contributed by atoms with van der Waals surface area (Å²) in [4.78, 5) is 4.93. The van der Waals surface area contributed by atoms with Gasteiger partial charge in [-0.25, -0.2) is 0 Å². The molecule has 0 amide bonds. The predicted octanol–water partition coefficient (Wildman–Crippen LogP) is 3.84. The van der Waals surface area contributed by atoms with Crippen molar-refractivity contribution in [2.75, 3.05) is 37.7 Å². The molecule has 0 bridgehead atoms. The SMILES string of the molecule is C=C1COc2cc(CCC)ccc2N1CCN1CCCCC1. The Morgan fingerprint density at radius 2 is 1.95 bits per heavy atom. The molecular formula is C19H28N2O. The summed E-state index contributed by atoms with van der Waals surface area (Å²) in [6.07, 6.45) is 6.38. The first kappa shape index (κ1) is 15.4. The molecule has 3 heteroatoms. The van der Waals surface area contributed by atoms with Gasteiger partial charge in [0.2, 0.25) is 0 Å². The third-order valence-corrected chi connectivity index (χ3v) is 4.72. The Balaban J connectivity index is 1.69. The number of ether oxygens (including phenoxy) is 1. The van der Waals surface area contributed by atoms with Gasteiger partial charge in [-0.1, -0.05) is 32.4 Å². The topological polar surface area (TPSA) is 15.7 Å². The van der Waals surface area contributed by atoms with E-state index in [0.717, 1.165) is 31.0 Å². The Hall–Kier alpha value is -1.48. The van der Waals surface area contributed by atoms with E-state index in [1.807, 2.05) is 0 Å². The molecule has 2 aliphatic rings. The van der Waals surface area contributed by atoms with Gasteiger partial charge in [0.15, 0.2) is 0 Å². The number of nitrogens with zero attached hydrogens (tertiary/aromatic N) is 2. The molecule has 1 saturated heterocycles. The number of hydrogen-bond donors (Lipinski definition) is 0. The molecule has 2 heterocycles. The van der Waals surface area contributed by atoms with Crippen LogP contribution in [0.15, 0.2) is 30.5 Å². The van der Waals surface area contributed by atoms with Crippen molar-refractivity contribution in [2.24, 2.45) is 0 Å². The van der Waals surface area contributed by atoms with E-state index in [1.165, 1.54) is 50.0 Å². The zero-order chi connectivity index (χ0) is 15.4. The van der Waals surface area contributed by atoms with Crippen LogP contribution in [-0.2, 0) is 6.42 Å². The molecule has 0 radical (unpaired) electrons. The summed E-state index contributed by atoms with van der Waals surface area (Å²) in [6.45, 7) is 11.7. The Kier molecular flexibility index (Phi) is 5.04. The van der Waals surface area contributed by atoms with Crippen molar-refractivity contribution < 1.29 is 4.74 Å². The van der Waals surface area contributed by atoms with E-state index in [2.05, 4.69) is 41.5 Å². The number of piperidine rings is 1. The van der Waals surface area contributed by atoms with Crippen LogP contribution in [0.3, 0.4) is 0 Å². The van der Waals surface area contributed by atoms with Crippen LogP contribution >= 0.6 is 0 Å². The van der Waals surface area contributed by atoms with Crippen molar-refractivity contribution in [3.05, 3.63) is 36.0 Å². The first-order valence-electron chi connectivity index (χ1n) is 8.71. The average molecular weight is 300 g/mol. The molecule has 0 N–H and O–H groups in total. The summed E-state index contributed by atoms with van der Waals surface area (Å²) < 4.78 is 5.89. The highest BCUT2D eigenvalue weighted by Crippen LogP contribution is 2.35. The van der Waals surface area contributed by atoms with Crippen molar-refractivity contribution >= 4 is 5.69 Å².